The number of rotatable bonds is 10. The molecule has 2 heterocycles. The highest BCUT2D eigenvalue weighted by Crippen LogP contribution is 2.44. The summed E-state index contributed by atoms with van der Waals surface area (Å²) < 4.78 is 20.1. The maximum atomic E-state index is 13.8. The highest BCUT2D eigenvalue weighted by atomic mass is 35.5. The van der Waals surface area contributed by atoms with Gasteiger partial charge in [0.1, 0.15) is 17.3 Å². The lowest BCUT2D eigenvalue weighted by Gasteiger charge is -2.22. The van der Waals surface area contributed by atoms with E-state index in [0.29, 0.717) is 38.6 Å². The molecule has 41 heavy (non-hydrogen) atoms. The Hall–Kier alpha value is -3.73. The van der Waals surface area contributed by atoms with Gasteiger partial charge in [0.2, 0.25) is 5.13 Å². The number of aromatic nitrogens is 2. The van der Waals surface area contributed by atoms with Gasteiger partial charge < -0.3 is 9.84 Å². The summed E-state index contributed by atoms with van der Waals surface area (Å²) in [5, 5.41) is 20.6. The first kappa shape index (κ1) is 28.8. The molecule has 0 aliphatic carbocycles. The van der Waals surface area contributed by atoms with E-state index >= 15 is 0 Å². The zero-order chi connectivity index (χ0) is 28.9. The normalized spacial score (nSPS) is 16.4. The van der Waals surface area contributed by atoms with Crippen LogP contribution in [0.5, 0.6) is 5.75 Å². The third-order valence-electron chi connectivity index (χ3n) is 6.40. The lowest BCUT2D eigenvalue weighted by atomic mass is 9.95. The maximum Gasteiger partial charge on any atom is 0.301 e. The molecular formula is C30H25ClFN3O4S2. The second kappa shape index (κ2) is 12.8. The molecular weight excluding hydrogens is 585 g/mol. The molecule has 7 nitrogen and oxygen atoms in total. The molecule has 1 amide bonds. The minimum atomic E-state index is -1.03. The van der Waals surface area contributed by atoms with Crippen LogP contribution in [-0.4, -0.2) is 33.6 Å². The zero-order valence-corrected chi connectivity index (χ0v) is 24.3. The number of anilines is 1. The molecule has 1 aromatic heterocycles. The van der Waals surface area contributed by atoms with Crippen molar-refractivity contribution in [3.63, 3.8) is 0 Å². The van der Waals surface area contributed by atoms with Gasteiger partial charge in [-0.15, -0.1) is 10.2 Å². The number of hydrogen-bond donors (Lipinski definition) is 1. The average Bonchev–Trinajstić information content (AvgIpc) is 3.55. The van der Waals surface area contributed by atoms with E-state index in [-0.39, 0.29) is 16.5 Å². The van der Waals surface area contributed by atoms with E-state index in [0.717, 1.165) is 29.7 Å². The number of carbonyl (C=O) groups excluding carboxylic acids is 2. The van der Waals surface area contributed by atoms with Gasteiger partial charge in [-0.3, -0.25) is 14.5 Å². The molecule has 5 rings (SSSR count). The molecule has 11 heteroatoms. The summed E-state index contributed by atoms with van der Waals surface area (Å²) in [5.74, 6) is -1.31. The Bertz CT molecular complexity index is 1570. The molecule has 0 saturated carbocycles. The smallest absolute Gasteiger partial charge is 0.301 e. The van der Waals surface area contributed by atoms with Crippen molar-refractivity contribution in [1.29, 1.82) is 0 Å². The number of aliphatic hydroxyl groups is 1. The lowest BCUT2D eigenvalue weighted by molar-refractivity contribution is -0.132. The SMILES string of the molecule is CCCCOc1ccc(/C(O)=C2/C(=O)C(=O)N(c3nnc(SCc4ccc(Cl)cc4)s3)C2c2ccc(F)cc2)cc1. The number of ether oxygens (including phenoxy) is 1. The van der Waals surface area contributed by atoms with Crippen LogP contribution in [0, 0.1) is 5.82 Å². The van der Waals surface area contributed by atoms with Crippen molar-refractivity contribution in [3.8, 4) is 5.75 Å². The number of carbonyl (C=O) groups is 2. The van der Waals surface area contributed by atoms with E-state index in [1.165, 1.54) is 40.9 Å². The zero-order valence-electron chi connectivity index (χ0n) is 21.9. The Morgan fingerprint density at radius 1 is 1.05 bits per heavy atom. The maximum absolute atomic E-state index is 13.8. The highest BCUT2D eigenvalue weighted by Gasteiger charge is 2.48. The number of amides is 1. The van der Waals surface area contributed by atoms with Crippen molar-refractivity contribution in [1.82, 2.24) is 10.2 Å². The van der Waals surface area contributed by atoms with E-state index in [1.54, 1.807) is 36.4 Å². The molecule has 1 saturated heterocycles. The Kier molecular flexibility index (Phi) is 9.02. The summed E-state index contributed by atoms with van der Waals surface area (Å²) in [5.41, 5.74) is 1.70. The summed E-state index contributed by atoms with van der Waals surface area (Å²) in [6.07, 6.45) is 1.91. The predicted octanol–water partition coefficient (Wildman–Crippen LogP) is 7.43. The fourth-order valence-electron chi connectivity index (χ4n) is 4.27. The number of aliphatic hydroxyl groups excluding tert-OH is 1. The van der Waals surface area contributed by atoms with E-state index < -0.39 is 23.5 Å². The Balaban J connectivity index is 1.47. The molecule has 0 radical (unpaired) electrons. The first-order chi connectivity index (χ1) is 19.9. The number of benzene rings is 3. The van der Waals surface area contributed by atoms with Crippen LogP contribution in [0.25, 0.3) is 5.76 Å². The number of hydrogen-bond acceptors (Lipinski definition) is 8. The fraction of sp³-hybridized carbons (Fsp3) is 0.200. The van der Waals surface area contributed by atoms with Gasteiger partial charge >= 0.3 is 5.91 Å². The van der Waals surface area contributed by atoms with Crippen LogP contribution in [0.4, 0.5) is 9.52 Å². The number of nitrogens with zero attached hydrogens (tertiary/aromatic N) is 3. The molecule has 1 atom stereocenters. The van der Waals surface area contributed by atoms with E-state index in [4.69, 9.17) is 16.3 Å². The Morgan fingerprint density at radius 2 is 1.76 bits per heavy atom. The van der Waals surface area contributed by atoms with E-state index in [9.17, 15) is 19.1 Å². The van der Waals surface area contributed by atoms with Gasteiger partial charge in [-0.2, -0.15) is 0 Å². The molecule has 1 N–H and O–H groups in total. The third kappa shape index (κ3) is 6.45. The largest absolute Gasteiger partial charge is 0.507 e. The topological polar surface area (TPSA) is 92.6 Å². The van der Waals surface area contributed by atoms with Crippen molar-refractivity contribution in [3.05, 3.63) is 106 Å². The van der Waals surface area contributed by atoms with E-state index in [2.05, 4.69) is 17.1 Å². The van der Waals surface area contributed by atoms with Crippen LogP contribution >= 0.6 is 34.7 Å². The Morgan fingerprint density at radius 3 is 2.44 bits per heavy atom. The minimum absolute atomic E-state index is 0.119. The van der Waals surface area contributed by atoms with Crippen molar-refractivity contribution in [2.24, 2.45) is 0 Å². The van der Waals surface area contributed by atoms with Crippen LogP contribution in [0.15, 0.2) is 82.7 Å². The molecule has 1 fully saturated rings. The van der Waals surface area contributed by atoms with Gasteiger partial charge in [0, 0.05) is 16.3 Å². The molecule has 3 aromatic carbocycles. The second-order valence-corrected chi connectivity index (χ2v) is 11.8. The van der Waals surface area contributed by atoms with Crippen LogP contribution in [-0.2, 0) is 15.3 Å². The summed E-state index contributed by atoms with van der Waals surface area (Å²) in [6.45, 7) is 2.64. The predicted molar refractivity (Wildman–Crippen MR) is 159 cm³/mol. The molecule has 4 aromatic rings. The van der Waals surface area contributed by atoms with Crippen molar-refractivity contribution in [2.75, 3.05) is 11.5 Å². The van der Waals surface area contributed by atoms with Crippen LogP contribution in [0.3, 0.4) is 0 Å². The number of halogens is 2. The number of ketones is 1. The molecule has 1 unspecified atom stereocenters. The number of unbranched alkanes of at least 4 members (excludes halogenated alkanes) is 1. The summed E-state index contributed by atoms with van der Waals surface area (Å²) >= 11 is 8.55. The summed E-state index contributed by atoms with van der Waals surface area (Å²) in [7, 11) is 0. The summed E-state index contributed by atoms with van der Waals surface area (Å²) in [4.78, 5) is 28.0. The number of Topliss-reactive ketones (excluding diaryl/α,β-unsaturated/α-hetero) is 1. The van der Waals surface area contributed by atoms with Crippen molar-refractivity contribution in [2.45, 2.75) is 35.9 Å². The van der Waals surface area contributed by atoms with Crippen LogP contribution in [0.2, 0.25) is 5.02 Å². The van der Waals surface area contributed by atoms with Gasteiger partial charge in [-0.05, 0) is 66.1 Å². The number of thioether (sulfide) groups is 1. The molecule has 1 aliphatic rings. The fourth-order valence-corrected chi connectivity index (χ4v) is 6.22. The second-order valence-electron chi connectivity index (χ2n) is 9.21. The standard InChI is InChI=1S/C30H25ClFN3O4S2/c1-2-3-16-39-23-14-8-20(9-15-23)26(36)24-25(19-6-12-22(32)13-7-19)35(28(38)27(24)37)29-33-34-30(41-29)40-17-18-4-10-21(31)11-5-18/h4-15,25,36H,2-3,16-17H2,1H3/b26-24-. The molecule has 210 valence electrons. The van der Waals surface area contributed by atoms with Crippen molar-refractivity contribution < 1.29 is 23.8 Å². The first-order valence-electron chi connectivity index (χ1n) is 12.9. The lowest BCUT2D eigenvalue weighted by Crippen LogP contribution is -2.29. The monoisotopic (exact) mass is 609 g/mol. The summed E-state index contributed by atoms with van der Waals surface area (Å²) in [6, 6.07) is 18.5. The van der Waals surface area contributed by atoms with Crippen molar-refractivity contribution >= 4 is 57.3 Å². The van der Waals surface area contributed by atoms with Gasteiger partial charge in [-0.25, -0.2) is 4.39 Å². The minimum Gasteiger partial charge on any atom is -0.507 e. The molecule has 0 bridgehead atoms. The molecule has 0 spiro atoms. The van der Waals surface area contributed by atoms with Gasteiger partial charge in [-0.1, -0.05) is 72.3 Å². The third-order valence-corrected chi connectivity index (χ3v) is 8.78. The average molecular weight is 610 g/mol. The Labute approximate surface area is 249 Å². The van der Waals surface area contributed by atoms with Gasteiger partial charge in [0.15, 0.2) is 4.34 Å². The quantitative estimate of drug-likeness (QED) is 0.0499. The van der Waals surface area contributed by atoms with Crippen LogP contribution in [0.1, 0.15) is 42.5 Å². The van der Waals surface area contributed by atoms with Gasteiger partial charge in [0.25, 0.3) is 5.78 Å². The molecule has 1 aliphatic heterocycles. The van der Waals surface area contributed by atoms with E-state index in [1.807, 2.05) is 12.1 Å². The highest BCUT2D eigenvalue weighted by molar-refractivity contribution is 8.00. The van der Waals surface area contributed by atoms with Gasteiger partial charge in [0.05, 0.1) is 18.2 Å². The van der Waals surface area contributed by atoms with Crippen LogP contribution < -0.4 is 9.64 Å². The first-order valence-corrected chi connectivity index (χ1v) is 15.0.